The molecule has 0 aromatic carbocycles. The Hall–Kier alpha value is -1.34. The number of carbonyl (C=O) groups is 1. The third-order valence-corrected chi connectivity index (χ3v) is 4.98. The van der Waals surface area contributed by atoms with Crippen LogP contribution < -0.4 is 0 Å². The first-order valence-electron chi connectivity index (χ1n) is 6.48. The fourth-order valence-electron chi connectivity index (χ4n) is 1.83. The quantitative estimate of drug-likeness (QED) is 0.796. The van der Waals surface area contributed by atoms with Crippen LogP contribution in [-0.2, 0) is 24.2 Å². The molecule has 0 aliphatic carbocycles. The van der Waals surface area contributed by atoms with Crippen LogP contribution >= 0.6 is 23.1 Å². The lowest BCUT2D eigenvalue weighted by Crippen LogP contribution is -2.06. The molecular formula is C13H17N3O2S2. The van der Waals surface area contributed by atoms with Gasteiger partial charge in [-0.25, -0.2) is 0 Å². The largest absolute Gasteiger partial charge is 0.481 e. The molecule has 0 saturated carbocycles. The summed E-state index contributed by atoms with van der Waals surface area (Å²) in [4.78, 5) is 13.3. The molecule has 0 aliphatic heterocycles. The highest BCUT2D eigenvalue weighted by Gasteiger charge is 2.14. The van der Waals surface area contributed by atoms with Gasteiger partial charge < -0.3 is 9.67 Å². The van der Waals surface area contributed by atoms with Gasteiger partial charge in [0.25, 0.3) is 0 Å². The molecule has 0 spiro atoms. The molecule has 1 N–H and O–H groups in total. The number of thiophene rings is 1. The monoisotopic (exact) mass is 311 g/mol. The maximum Gasteiger partial charge on any atom is 0.313 e. The van der Waals surface area contributed by atoms with Gasteiger partial charge in [0.05, 0.1) is 12.3 Å². The smallest absolute Gasteiger partial charge is 0.313 e. The maximum atomic E-state index is 10.7. The average Bonchev–Trinajstić information content (AvgIpc) is 3.03. The fourth-order valence-corrected chi connectivity index (χ4v) is 3.45. The lowest BCUT2D eigenvalue weighted by Gasteiger charge is -2.07. The van der Waals surface area contributed by atoms with E-state index in [0.29, 0.717) is 11.7 Å². The first-order valence-corrected chi connectivity index (χ1v) is 8.28. The third-order valence-electron chi connectivity index (χ3n) is 2.81. The second-order valence-corrected chi connectivity index (χ2v) is 6.44. The van der Waals surface area contributed by atoms with E-state index in [1.165, 1.54) is 21.5 Å². The maximum absolute atomic E-state index is 10.7. The molecule has 2 aromatic rings. The van der Waals surface area contributed by atoms with Crippen molar-refractivity contribution in [2.75, 3.05) is 5.75 Å². The molecule has 0 atom stereocenters. The number of nitrogens with zero attached hydrogens (tertiary/aromatic N) is 3. The van der Waals surface area contributed by atoms with Gasteiger partial charge in [0.15, 0.2) is 5.16 Å². The van der Waals surface area contributed by atoms with Crippen LogP contribution in [0.2, 0.25) is 0 Å². The molecule has 0 aliphatic rings. The number of hydrogen-bond donors (Lipinski definition) is 1. The van der Waals surface area contributed by atoms with Gasteiger partial charge in [0.1, 0.15) is 5.82 Å². The number of thioether (sulfide) groups is 1. The summed E-state index contributed by atoms with van der Waals surface area (Å²) in [5.41, 5.74) is 0. The van der Waals surface area contributed by atoms with Crippen LogP contribution in [0.4, 0.5) is 0 Å². The minimum atomic E-state index is -0.841. The summed E-state index contributed by atoms with van der Waals surface area (Å²) in [5.74, 6) is 0.0586. The van der Waals surface area contributed by atoms with Crippen molar-refractivity contribution < 1.29 is 9.90 Å². The van der Waals surface area contributed by atoms with Gasteiger partial charge in [0, 0.05) is 16.2 Å². The van der Waals surface area contributed by atoms with Gasteiger partial charge in [-0.05, 0) is 18.6 Å². The predicted octanol–water partition coefficient (Wildman–Crippen LogP) is 2.69. The molecular weight excluding hydrogens is 294 g/mol. The first-order chi connectivity index (χ1) is 9.63. The van der Waals surface area contributed by atoms with Crippen molar-refractivity contribution in [2.45, 2.75) is 38.4 Å². The van der Waals surface area contributed by atoms with E-state index < -0.39 is 5.97 Å². The van der Waals surface area contributed by atoms with Crippen molar-refractivity contribution in [3.05, 3.63) is 27.7 Å². The summed E-state index contributed by atoms with van der Waals surface area (Å²) in [6.45, 7) is 4.88. The van der Waals surface area contributed by atoms with Crippen LogP contribution in [0.15, 0.2) is 17.3 Å². The van der Waals surface area contributed by atoms with Gasteiger partial charge in [-0.2, -0.15) is 0 Å². The molecule has 20 heavy (non-hydrogen) atoms. The predicted molar refractivity (Wildman–Crippen MR) is 80.6 cm³/mol. The van der Waals surface area contributed by atoms with Crippen LogP contribution in [0.1, 0.15) is 29.4 Å². The molecule has 0 amide bonds. The summed E-state index contributed by atoms with van der Waals surface area (Å²) in [6, 6.07) is 4.26. The van der Waals surface area contributed by atoms with Crippen LogP contribution in [0, 0.1) is 0 Å². The Morgan fingerprint density at radius 2 is 2.05 bits per heavy atom. The lowest BCUT2D eigenvalue weighted by atomic mass is 10.3. The zero-order valence-corrected chi connectivity index (χ0v) is 13.1. The second-order valence-electron chi connectivity index (χ2n) is 4.24. The van der Waals surface area contributed by atoms with Gasteiger partial charge in [-0.3, -0.25) is 4.79 Å². The Labute approximate surface area is 126 Å². The first kappa shape index (κ1) is 15.1. The highest BCUT2D eigenvalue weighted by atomic mass is 32.2. The highest BCUT2D eigenvalue weighted by Crippen LogP contribution is 2.23. The minimum absolute atomic E-state index is 0.00645. The summed E-state index contributed by atoms with van der Waals surface area (Å²) < 4.78 is 2.01. The summed E-state index contributed by atoms with van der Waals surface area (Å²) >= 11 is 3.00. The van der Waals surface area contributed by atoms with Crippen LogP contribution in [0.25, 0.3) is 0 Å². The zero-order chi connectivity index (χ0) is 14.5. The van der Waals surface area contributed by atoms with Crippen molar-refractivity contribution >= 4 is 29.1 Å². The Bertz CT molecular complexity index is 592. The second kappa shape index (κ2) is 6.90. The molecule has 0 unspecified atom stereocenters. The molecule has 0 fully saturated rings. The summed E-state index contributed by atoms with van der Waals surface area (Å²) in [5, 5.41) is 17.7. The van der Waals surface area contributed by atoms with E-state index in [1.807, 2.05) is 11.5 Å². The van der Waals surface area contributed by atoms with E-state index in [1.54, 1.807) is 11.3 Å². The number of aliphatic carboxylic acids is 1. The fraction of sp³-hybridized carbons (Fsp3) is 0.462. The van der Waals surface area contributed by atoms with Crippen LogP contribution in [0.3, 0.4) is 0 Å². The van der Waals surface area contributed by atoms with Crippen molar-refractivity contribution in [3.8, 4) is 0 Å². The van der Waals surface area contributed by atoms with Crippen LogP contribution in [0.5, 0.6) is 0 Å². The third kappa shape index (κ3) is 3.61. The molecule has 0 radical (unpaired) electrons. The molecule has 2 aromatic heterocycles. The average molecular weight is 311 g/mol. The number of aryl methyl sites for hydroxylation is 2. The van der Waals surface area contributed by atoms with Crippen molar-refractivity contribution in [1.29, 1.82) is 0 Å². The Morgan fingerprint density at radius 1 is 1.30 bits per heavy atom. The standard InChI is InChI=1S/C13H17N3O2S2/c1-3-9-5-6-10(20-9)7-16-11(4-2)14-15-13(16)19-8-12(17)18/h5-6H,3-4,7-8H2,1-2H3,(H,17,18). The van der Waals surface area contributed by atoms with E-state index in [4.69, 9.17) is 5.11 Å². The van der Waals surface area contributed by atoms with E-state index in [2.05, 4.69) is 29.3 Å². The van der Waals surface area contributed by atoms with Crippen molar-refractivity contribution in [2.24, 2.45) is 0 Å². The lowest BCUT2D eigenvalue weighted by molar-refractivity contribution is -0.133. The normalized spacial score (nSPS) is 10.9. The van der Waals surface area contributed by atoms with E-state index in [9.17, 15) is 4.79 Å². The molecule has 2 heterocycles. The van der Waals surface area contributed by atoms with Gasteiger partial charge in [-0.15, -0.1) is 21.5 Å². The van der Waals surface area contributed by atoms with Crippen molar-refractivity contribution in [1.82, 2.24) is 14.8 Å². The van der Waals surface area contributed by atoms with E-state index in [0.717, 1.165) is 18.7 Å². The van der Waals surface area contributed by atoms with Crippen LogP contribution in [-0.4, -0.2) is 31.6 Å². The number of aromatic nitrogens is 3. The highest BCUT2D eigenvalue weighted by molar-refractivity contribution is 7.99. The Kier molecular flexibility index (Phi) is 5.19. The molecule has 2 rings (SSSR count). The van der Waals surface area contributed by atoms with Gasteiger partial charge >= 0.3 is 5.97 Å². The minimum Gasteiger partial charge on any atom is -0.481 e. The van der Waals surface area contributed by atoms with E-state index in [-0.39, 0.29) is 5.75 Å². The van der Waals surface area contributed by atoms with E-state index >= 15 is 0 Å². The molecule has 7 heteroatoms. The summed E-state index contributed by atoms with van der Waals surface area (Å²) in [7, 11) is 0. The molecule has 108 valence electrons. The number of rotatable bonds is 7. The Balaban J connectivity index is 2.19. The zero-order valence-electron chi connectivity index (χ0n) is 11.5. The summed E-state index contributed by atoms with van der Waals surface area (Å²) in [6.07, 6.45) is 1.82. The Morgan fingerprint density at radius 3 is 2.65 bits per heavy atom. The number of hydrogen-bond acceptors (Lipinski definition) is 5. The SMILES string of the molecule is CCc1ccc(Cn2c(CC)nnc2SCC(=O)O)s1. The van der Waals surface area contributed by atoms with Gasteiger partial charge in [0.2, 0.25) is 0 Å². The topological polar surface area (TPSA) is 68.0 Å². The molecule has 5 nitrogen and oxygen atoms in total. The van der Waals surface area contributed by atoms with Crippen molar-refractivity contribution in [3.63, 3.8) is 0 Å². The molecule has 0 saturated heterocycles. The van der Waals surface area contributed by atoms with Gasteiger partial charge in [-0.1, -0.05) is 25.6 Å². The molecule has 0 bridgehead atoms. The number of carboxylic acid groups (broad SMARTS) is 1. The number of carboxylic acids is 1.